The van der Waals surface area contributed by atoms with Gasteiger partial charge in [0.05, 0.1) is 0 Å². The molecule has 0 aromatic carbocycles. The zero-order valence-electron chi connectivity index (χ0n) is 10.8. The fraction of sp³-hybridized carbons (Fsp3) is 0.923. The van der Waals surface area contributed by atoms with Crippen molar-refractivity contribution in [3.8, 4) is 0 Å². The van der Waals surface area contributed by atoms with Crippen molar-refractivity contribution in [2.75, 3.05) is 7.11 Å². The van der Waals surface area contributed by atoms with E-state index in [1.54, 1.807) is 7.11 Å². The molecule has 0 bridgehead atoms. The second-order valence-corrected chi connectivity index (χ2v) is 5.43. The fourth-order valence-electron chi connectivity index (χ4n) is 3.27. The summed E-state index contributed by atoms with van der Waals surface area (Å²) < 4.78 is 5.29. The van der Waals surface area contributed by atoms with Gasteiger partial charge in [0.1, 0.15) is 0 Å². The number of aldehydes is 1. The van der Waals surface area contributed by atoms with Crippen molar-refractivity contribution in [3.05, 3.63) is 0 Å². The van der Waals surface area contributed by atoms with Crippen molar-refractivity contribution in [1.29, 1.82) is 0 Å². The number of fused-ring (bicyclic) bond motifs is 1. The maximum Gasteiger partial charge on any atom is 0.193 e. The molecular formula is C13H22O4. The molecule has 1 saturated carbocycles. The van der Waals surface area contributed by atoms with E-state index in [-0.39, 0.29) is 18.1 Å². The average Bonchev–Trinajstić information content (AvgIpc) is 2.48. The van der Waals surface area contributed by atoms with Crippen LogP contribution in [-0.2, 0) is 19.3 Å². The average molecular weight is 242 g/mol. The van der Waals surface area contributed by atoms with Crippen molar-refractivity contribution in [2.45, 2.75) is 51.4 Å². The molecule has 17 heavy (non-hydrogen) atoms. The monoisotopic (exact) mass is 242 g/mol. The van der Waals surface area contributed by atoms with E-state index in [1.807, 2.05) is 0 Å². The highest BCUT2D eigenvalue weighted by atomic mass is 17.2. The molecule has 1 aliphatic carbocycles. The van der Waals surface area contributed by atoms with Crippen LogP contribution in [0.15, 0.2) is 0 Å². The van der Waals surface area contributed by atoms with Gasteiger partial charge in [0.25, 0.3) is 0 Å². The molecule has 4 nitrogen and oxygen atoms in total. The number of methoxy groups -OCH3 is 1. The van der Waals surface area contributed by atoms with Crippen LogP contribution >= 0.6 is 0 Å². The maximum atomic E-state index is 11.5. The molecule has 2 aliphatic rings. The van der Waals surface area contributed by atoms with Gasteiger partial charge >= 0.3 is 0 Å². The largest absolute Gasteiger partial charge is 0.353 e. The van der Waals surface area contributed by atoms with Crippen LogP contribution in [0.5, 0.6) is 0 Å². The van der Waals surface area contributed by atoms with Crippen molar-refractivity contribution in [2.24, 2.45) is 17.8 Å². The summed E-state index contributed by atoms with van der Waals surface area (Å²) in [5.41, 5.74) is -0.751. The van der Waals surface area contributed by atoms with Gasteiger partial charge < -0.3 is 4.74 Å². The predicted molar refractivity (Wildman–Crippen MR) is 62.0 cm³/mol. The summed E-state index contributed by atoms with van der Waals surface area (Å²) in [6.07, 6.45) is 4.54. The Hall–Kier alpha value is -0.450. The van der Waals surface area contributed by atoms with Crippen LogP contribution in [0.2, 0.25) is 0 Å². The SMILES string of the molecule is CO[C@@H]1OO[C@@]2(C=O)CCCCC2C(C)C1C. The molecule has 1 saturated heterocycles. The molecular weight excluding hydrogens is 220 g/mol. The van der Waals surface area contributed by atoms with Gasteiger partial charge in [0, 0.05) is 18.9 Å². The summed E-state index contributed by atoms with van der Waals surface area (Å²) in [5.74, 6) is 0.821. The second-order valence-electron chi connectivity index (χ2n) is 5.43. The maximum absolute atomic E-state index is 11.5. The first kappa shape index (κ1) is 13.0. The smallest absolute Gasteiger partial charge is 0.193 e. The first-order valence-electron chi connectivity index (χ1n) is 6.48. The number of hydrogen-bond donors (Lipinski definition) is 0. The van der Waals surface area contributed by atoms with Crippen molar-refractivity contribution in [1.82, 2.24) is 0 Å². The van der Waals surface area contributed by atoms with Gasteiger partial charge in [0.15, 0.2) is 18.2 Å². The molecule has 0 aromatic heterocycles. The lowest BCUT2D eigenvalue weighted by Gasteiger charge is -2.40. The van der Waals surface area contributed by atoms with Crippen molar-refractivity contribution < 1.29 is 19.3 Å². The normalized spacial score (nSPS) is 47.0. The molecule has 5 atom stereocenters. The molecule has 3 unspecified atom stereocenters. The molecule has 0 spiro atoms. The fourth-order valence-corrected chi connectivity index (χ4v) is 3.27. The van der Waals surface area contributed by atoms with Crippen LogP contribution in [0.25, 0.3) is 0 Å². The molecule has 2 fully saturated rings. The van der Waals surface area contributed by atoms with Gasteiger partial charge in [-0.2, -0.15) is 0 Å². The Bertz CT molecular complexity index is 281. The van der Waals surface area contributed by atoms with Crippen LogP contribution in [0.3, 0.4) is 0 Å². The minimum atomic E-state index is -0.751. The summed E-state index contributed by atoms with van der Waals surface area (Å²) in [5, 5.41) is 0. The van der Waals surface area contributed by atoms with E-state index in [0.717, 1.165) is 25.5 Å². The zero-order valence-corrected chi connectivity index (χ0v) is 10.8. The van der Waals surface area contributed by atoms with Gasteiger partial charge in [-0.1, -0.05) is 20.3 Å². The summed E-state index contributed by atoms with van der Waals surface area (Å²) in [6.45, 7) is 4.26. The van der Waals surface area contributed by atoms with Gasteiger partial charge in [-0.25, -0.2) is 9.78 Å². The van der Waals surface area contributed by atoms with E-state index in [9.17, 15) is 4.79 Å². The van der Waals surface area contributed by atoms with Crippen LogP contribution in [-0.4, -0.2) is 25.3 Å². The Balaban J connectivity index is 2.27. The summed E-state index contributed by atoms with van der Waals surface area (Å²) >= 11 is 0. The Morgan fingerprint density at radius 2 is 2.06 bits per heavy atom. The number of rotatable bonds is 2. The Kier molecular flexibility index (Phi) is 3.85. The van der Waals surface area contributed by atoms with Crippen LogP contribution in [0, 0.1) is 17.8 Å². The summed E-state index contributed by atoms with van der Waals surface area (Å²) in [6, 6.07) is 0. The Morgan fingerprint density at radius 1 is 1.29 bits per heavy atom. The zero-order chi connectivity index (χ0) is 12.5. The molecule has 0 N–H and O–H groups in total. The molecule has 0 radical (unpaired) electrons. The first-order valence-corrected chi connectivity index (χ1v) is 6.48. The lowest BCUT2D eigenvalue weighted by Crippen LogP contribution is -2.46. The Labute approximate surface area is 103 Å². The minimum Gasteiger partial charge on any atom is -0.353 e. The van der Waals surface area contributed by atoms with E-state index in [4.69, 9.17) is 14.5 Å². The van der Waals surface area contributed by atoms with E-state index < -0.39 is 5.60 Å². The third-order valence-corrected chi connectivity index (χ3v) is 4.58. The van der Waals surface area contributed by atoms with Crippen LogP contribution in [0.4, 0.5) is 0 Å². The highest BCUT2D eigenvalue weighted by molar-refractivity contribution is 5.63. The Morgan fingerprint density at radius 3 is 2.71 bits per heavy atom. The predicted octanol–water partition coefficient (Wildman–Crippen LogP) is 2.32. The van der Waals surface area contributed by atoms with Gasteiger partial charge in [-0.3, -0.25) is 4.79 Å². The molecule has 1 heterocycles. The molecule has 1 aliphatic heterocycles. The van der Waals surface area contributed by atoms with Gasteiger partial charge in [-0.15, -0.1) is 0 Å². The van der Waals surface area contributed by atoms with Crippen molar-refractivity contribution >= 4 is 6.29 Å². The first-order chi connectivity index (χ1) is 8.14. The lowest BCUT2D eigenvalue weighted by atomic mass is 9.67. The van der Waals surface area contributed by atoms with Crippen LogP contribution in [0.1, 0.15) is 39.5 Å². The number of carbonyl (C=O) groups excluding carboxylic acids is 1. The standard InChI is InChI=1S/C13H22O4/c1-9-10(2)12(15-3)16-17-13(8-14)7-5-4-6-11(9)13/h8-12H,4-7H2,1-3H3/t9?,10?,11?,12-,13-/m1/s1. The van der Waals surface area contributed by atoms with Crippen LogP contribution < -0.4 is 0 Å². The summed E-state index contributed by atoms with van der Waals surface area (Å²) in [7, 11) is 1.61. The molecule has 98 valence electrons. The van der Waals surface area contributed by atoms with E-state index in [2.05, 4.69) is 13.8 Å². The minimum absolute atomic E-state index is 0.227. The van der Waals surface area contributed by atoms with Gasteiger partial charge in [0.2, 0.25) is 0 Å². The molecule has 4 heteroatoms. The molecule has 2 rings (SSSR count). The lowest BCUT2D eigenvalue weighted by molar-refractivity contribution is -0.416. The second kappa shape index (κ2) is 5.04. The van der Waals surface area contributed by atoms with E-state index in [0.29, 0.717) is 5.92 Å². The number of ether oxygens (including phenoxy) is 1. The van der Waals surface area contributed by atoms with E-state index in [1.165, 1.54) is 6.42 Å². The third-order valence-electron chi connectivity index (χ3n) is 4.58. The summed E-state index contributed by atoms with van der Waals surface area (Å²) in [4.78, 5) is 22.3. The number of carbonyl (C=O) groups is 1. The molecule has 0 aromatic rings. The number of hydrogen-bond acceptors (Lipinski definition) is 4. The quantitative estimate of drug-likeness (QED) is 0.550. The molecule has 0 amide bonds. The van der Waals surface area contributed by atoms with E-state index >= 15 is 0 Å². The highest BCUT2D eigenvalue weighted by Crippen LogP contribution is 2.45. The highest BCUT2D eigenvalue weighted by Gasteiger charge is 2.50. The van der Waals surface area contributed by atoms with Gasteiger partial charge in [-0.05, 0) is 25.2 Å². The third kappa shape index (κ3) is 2.14. The topological polar surface area (TPSA) is 44.8 Å². The van der Waals surface area contributed by atoms with Crippen molar-refractivity contribution in [3.63, 3.8) is 0 Å².